The van der Waals surface area contributed by atoms with Gasteiger partial charge < -0.3 is 19.7 Å². The van der Waals surface area contributed by atoms with Gasteiger partial charge in [-0.1, -0.05) is 0 Å². The van der Waals surface area contributed by atoms with Gasteiger partial charge in [-0.15, -0.1) is 0 Å². The zero-order valence-corrected chi connectivity index (χ0v) is 17.4. The Morgan fingerprint density at radius 1 is 1.00 bits per heavy atom. The van der Waals surface area contributed by atoms with Gasteiger partial charge in [0.05, 0.1) is 32.2 Å². The zero-order chi connectivity index (χ0) is 20.5. The fourth-order valence-corrected chi connectivity index (χ4v) is 3.92. The number of hydrogen-bond donors (Lipinski definition) is 2. The van der Waals surface area contributed by atoms with Crippen molar-refractivity contribution in [1.82, 2.24) is 4.90 Å². The average molecular weight is 376 g/mol. The van der Waals surface area contributed by atoms with Crippen LogP contribution in [0.15, 0.2) is 0 Å². The van der Waals surface area contributed by atoms with Crippen LogP contribution in [0.4, 0.5) is 0 Å². The predicted octanol–water partition coefficient (Wildman–Crippen LogP) is 2.23. The highest BCUT2D eigenvalue weighted by Gasteiger charge is 2.46. The molecule has 1 rings (SSSR count). The quantitative estimate of drug-likeness (QED) is 0.687. The van der Waals surface area contributed by atoms with Crippen molar-refractivity contribution >= 4 is 11.9 Å². The molecule has 1 fully saturated rings. The third-order valence-electron chi connectivity index (χ3n) is 4.29. The number of likely N-dealkylation sites (tertiary alicyclic amines) is 1. The molecular weight excluding hydrogens is 338 g/mol. The summed E-state index contributed by atoms with van der Waals surface area (Å²) in [7, 11) is 0. The van der Waals surface area contributed by atoms with E-state index in [4.69, 9.17) is 0 Å². The van der Waals surface area contributed by atoms with Crippen LogP contribution in [0.3, 0.4) is 0 Å². The summed E-state index contributed by atoms with van der Waals surface area (Å²) >= 11 is 0. The highest BCUT2D eigenvalue weighted by atomic mass is 16.5. The zero-order valence-electron chi connectivity index (χ0n) is 17.4. The SMILES string of the molecule is CC(O)N1C(C)(C)CC(O)CC1(C)C.CCOC(=O)CCC(=O)OCC. The maximum atomic E-state index is 10.7. The molecule has 154 valence electrons. The van der Waals surface area contributed by atoms with Crippen LogP contribution in [0, 0.1) is 0 Å². The molecule has 0 saturated carbocycles. The number of piperidine rings is 1. The van der Waals surface area contributed by atoms with Gasteiger partial charge in [0.25, 0.3) is 0 Å². The van der Waals surface area contributed by atoms with Gasteiger partial charge in [0, 0.05) is 11.1 Å². The number of aliphatic hydroxyl groups is 2. The standard InChI is InChI=1S/C11H23NO2.C8H14O4/c1-8(13)12-10(2,3)6-9(14)7-11(12,4)5;1-3-11-7(9)5-6-8(10)12-4-2/h8-9,13-14H,6-7H2,1-5H3;3-6H2,1-2H3. The topological polar surface area (TPSA) is 96.3 Å². The van der Waals surface area contributed by atoms with Crippen LogP contribution >= 0.6 is 0 Å². The number of carbonyl (C=O) groups excluding carboxylic acids is 2. The maximum Gasteiger partial charge on any atom is 0.306 e. The van der Waals surface area contributed by atoms with Gasteiger partial charge >= 0.3 is 11.9 Å². The summed E-state index contributed by atoms with van der Waals surface area (Å²) < 4.78 is 9.25. The van der Waals surface area contributed by atoms with E-state index >= 15 is 0 Å². The molecule has 1 atom stereocenters. The van der Waals surface area contributed by atoms with E-state index in [1.807, 2.05) is 0 Å². The molecule has 7 heteroatoms. The Morgan fingerprint density at radius 2 is 1.35 bits per heavy atom. The van der Waals surface area contributed by atoms with E-state index in [9.17, 15) is 19.8 Å². The molecule has 1 aliphatic rings. The van der Waals surface area contributed by atoms with E-state index in [0.29, 0.717) is 13.2 Å². The Labute approximate surface area is 157 Å². The van der Waals surface area contributed by atoms with Gasteiger partial charge in [-0.05, 0) is 61.3 Å². The number of hydrogen-bond acceptors (Lipinski definition) is 7. The third-order valence-corrected chi connectivity index (χ3v) is 4.29. The van der Waals surface area contributed by atoms with Crippen molar-refractivity contribution in [1.29, 1.82) is 0 Å². The number of esters is 2. The molecule has 0 aromatic heterocycles. The predicted molar refractivity (Wildman–Crippen MR) is 99.4 cm³/mol. The largest absolute Gasteiger partial charge is 0.466 e. The second-order valence-corrected chi connectivity index (χ2v) is 7.80. The number of rotatable bonds is 6. The molecule has 0 spiro atoms. The summed E-state index contributed by atoms with van der Waals surface area (Å²) in [5.74, 6) is -0.712. The Bertz CT molecular complexity index is 411. The van der Waals surface area contributed by atoms with Gasteiger partial charge in [0.1, 0.15) is 6.23 Å². The number of carbonyl (C=O) groups is 2. The molecule has 0 amide bonds. The normalized spacial score (nSPS) is 20.5. The summed E-state index contributed by atoms with van der Waals surface area (Å²) in [5, 5.41) is 19.6. The van der Waals surface area contributed by atoms with E-state index < -0.39 is 6.23 Å². The molecule has 1 saturated heterocycles. The van der Waals surface area contributed by atoms with Crippen molar-refractivity contribution in [3.63, 3.8) is 0 Å². The van der Waals surface area contributed by atoms with Crippen molar-refractivity contribution < 1.29 is 29.3 Å². The first-order chi connectivity index (χ1) is 11.9. The van der Waals surface area contributed by atoms with Crippen LogP contribution in [-0.4, -0.2) is 63.7 Å². The van der Waals surface area contributed by atoms with Gasteiger partial charge in [-0.25, -0.2) is 0 Å². The van der Waals surface area contributed by atoms with Gasteiger partial charge in [0.15, 0.2) is 0 Å². The van der Waals surface area contributed by atoms with E-state index in [1.54, 1.807) is 20.8 Å². The lowest BCUT2D eigenvalue weighted by atomic mass is 9.78. The molecule has 0 aliphatic carbocycles. The summed E-state index contributed by atoms with van der Waals surface area (Å²) in [6, 6.07) is 0. The fourth-order valence-electron chi connectivity index (χ4n) is 3.92. The Kier molecular flexibility index (Phi) is 10.4. The minimum absolute atomic E-state index is 0.104. The molecule has 1 heterocycles. The Balaban J connectivity index is 0.000000488. The highest BCUT2D eigenvalue weighted by molar-refractivity contribution is 5.77. The average Bonchev–Trinajstić information content (AvgIpc) is 2.42. The number of ether oxygens (including phenoxy) is 2. The maximum absolute atomic E-state index is 10.7. The molecule has 26 heavy (non-hydrogen) atoms. The summed E-state index contributed by atoms with van der Waals surface area (Å²) in [6.07, 6.45) is 0.935. The molecule has 2 N–H and O–H groups in total. The van der Waals surface area contributed by atoms with Crippen molar-refractivity contribution in [2.75, 3.05) is 13.2 Å². The Hall–Kier alpha value is -1.18. The molecule has 0 aromatic carbocycles. The van der Waals surface area contributed by atoms with Crippen molar-refractivity contribution in [2.24, 2.45) is 0 Å². The van der Waals surface area contributed by atoms with Crippen LogP contribution < -0.4 is 0 Å². The van der Waals surface area contributed by atoms with Gasteiger partial charge in [-0.2, -0.15) is 0 Å². The Morgan fingerprint density at radius 3 is 1.62 bits per heavy atom. The van der Waals surface area contributed by atoms with Gasteiger partial charge in [0.2, 0.25) is 0 Å². The third kappa shape index (κ3) is 8.47. The van der Waals surface area contributed by atoms with Gasteiger partial charge in [-0.3, -0.25) is 14.5 Å². The lowest BCUT2D eigenvalue weighted by Crippen LogP contribution is -2.64. The van der Waals surface area contributed by atoms with E-state index in [-0.39, 0.29) is 42.0 Å². The number of aliphatic hydroxyl groups excluding tert-OH is 2. The second-order valence-electron chi connectivity index (χ2n) is 7.80. The monoisotopic (exact) mass is 375 g/mol. The van der Waals surface area contributed by atoms with Crippen LogP contribution in [0.25, 0.3) is 0 Å². The molecule has 7 nitrogen and oxygen atoms in total. The molecule has 1 aliphatic heterocycles. The van der Waals surface area contributed by atoms with E-state index in [2.05, 4.69) is 42.1 Å². The minimum Gasteiger partial charge on any atom is -0.466 e. The molecule has 0 bridgehead atoms. The molecule has 0 radical (unpaired) electrons. The molecule has 0 aromatic rings. The van der Waals surface area contributed by atoms with Crippen molar-refractivity contribution in [3.05, 3.63) is 0 Å². The number of nitrogens with zero attached hydrogens (tertiary/aromatic N) is 1. The van der Waals surface area contributed by atoms with Crippen LogP contribution in [0.5, 0.6) is 0 Å². The van der Waals surface area contributed by atoms with Crippen molar-refractivity contribution in [3.8, 4) is 0 Å². The molecule has 1 unspecified atom stereocenters. The van der Waals surface area contributed by atoms with E-state index in [0.717, 1.165) is 12.8 Å². The molecular formula is C19H37NO6. The van der Waals surface area contributed by atoms with Crippen LogP contribution in [-0.2, 0) is 19.1 Å². The smallest absolute Gasteiger partial charge is 0.306 e. The first-order valence-electron chi connectivity index (χ1n) is 9.34. The first-order valence-corrected chi connectivity index (χ1v) is 9.34. The first kappa shape index (κ1) is 24.8. The second kappa shape index (κ2) is 10.8. The highest BCUT2D eigenvalue weighted by Crippen LogP contribution is 2.39. The minimum atomic E-state index is -0.465. The van der Waals surface area contributed by atoms with Crippen LogP contribution in [0.1, 0.15) is 74.1 Å². The summed E-state index contributed by atoms with van der Waals surface area (Å²) in [4.78, 5) is 23.5. The summed E-state index contributed by atoms with van der Waals surface area (Å²) in [5.41, 5.74) is -0.287. The lowest BCUT2D eigenvalue weighted by molar-refractivity contribution is -0.155. The fraction of sp³-hybridized carbons (Fsp3) is 0.895. The van der Waals surface area contributed by atoms with Crippen LogP contribution in [0.2, 0.25) is 0 Å². The van der Waals surface area contributed by atoms with E-state index in [1.165, 1.54) is 0 Å². The lowest BCUT2D eigenvalue weighted by Gasteiger charge is -2.55. The summed E-state index contributed by atoms with van der Waals surface area (Å²) in [6.45, 7) is 14.2. The van der Waals surface area contributed by atoms with Crippen molar-refractivity contribution in [2.45, 2.75) is 97.6 Å².